The largest absolute Gasteiger partial charge is 0.382 e. The molecular weight excluding hydrogens is 182 g/mol. The predicted molar refractivity (Wildman–Crippen MR) is 66.3 cm³/mol. The summed E-state index contributed by atoms with van der Waals surface area (Å²) in [4.78, 5) is 0. The van der Waals surface area contributed by atoms with Gasteiger partial charge >= 0.3 is 0 Å². The molecule has 0 aromatic heterocycles. The summed E-state index contributed by atoms with van der Waals surface area (Å²) in [5, 5.41) is 3.66. The minimum Gasteiger partial charge on any atom is -0.382 e. The molecule has 1 heterocycles. The highest BCUT2D eigenvalue weighted by Crippen LogP contribution is 2.26. The van der Waals surface area contributed by atoms with E-state index in [1.165, 1.54) is 49.8 Å². The first-order valence-electron chi connectivity index (χ1n) is 6.24. The van der Waals surface area contributed by atoms with Crippen LogP contribution in [0.3, 0.4) is 0 Å². The maximum atomic E-state index is 3.66. The topological polar surface area (TPSA) is 12.0 Å². The zero-order valence-electron chi connectivity index (χ0n) is 9.63. The van der Waals surface area contributed by atoms with Crippen molar-refractivity contribution in [3.63, 3.8) is 0 Å². The third-order valence-electron chi connectivity index (χ3n) is 3.30. The van der Waals surface area contributed by atoms with E-state index in [1.54, 1.807) is 0 Å². The molecule has 0 radical (unpaired) electrons. The van der Waals surface area contributed by atoms with Crippen molar-refractivity contribution < 1.29 is 0 Å². The van der Waals surface area contributed by atoms with Gasteiger partial charge in [-0.15, -0.1) is 0 Å². The molecule has 1 N–H and O–H groups in total. The molecule has 2 rings (SSSR count). The molecule has 0 saturated carbocycles. The van der Waals surface area contributed by atoms with Gasteiger partial charge in [-0.1, -0.05) is 44.4 Å². The maximum Gasteiger partial charge on any atom is 0.0374 e. The van der Waals surface area contributed by atoms with E-state index in [2.05, 4.69) is 36.5 Å². The number of hydrogen-bond donors (Lipinski definition) is 1. The van der Waals surface area contributed by atoms with Crippen LogP contribution in [0.1, 0.15) is 44.6 Å². The Hall–Kier alpha value is -0.980. The second-order valence-electron chi connectivity index (χ2n) is 4.53. The van der Waals surface area contributed by atoms with E-state index in [4.69, 9.17) is 0 Å². The first kappa shape index (κ1) is 10.5. The van der Waals surface area contributed by atoms with Crippen LogP contribution in [0.25, 0.3) is 0 Å². The van der Waals surface area contributed by atoms with E-state index in [1.807, 2.05) is 0 Å². The molecule has 1 atom stereocenters. The summed E-state index contributed by atoms with van der Waals surface area (Å²) in [6, 6.07) is 9.43. The van der Waals surface area contributed by atoms with Crippen LogP contribution in [0.2, 0.25) is 0 Å². The van der Waals surface area contributed by atoms with E-state index in [0.29, 0.717) is 6.04 Å². The van der Waals surface area contributed by atoms with E-state index >= 15 is 0 Å². The number of nitrogens with one attached hydrogen (secondary N) is 1. The van der Waals surface area contributed by atoms with Crippen LogP contribution >= 0.6 is 0 Å². The number of aryl methyl sites for hydroxylation is 1. The molecule has 0 bridgehead atoms. The van der Waals surface area contributed by atoms with Gasteiger partial charge in [0.05, 0.1) is 0 Å². The summed E-state index contributed by atoms with van der Waals surface area (Å²) in [6.45, 7) is 2.27. The molecule has 0 fully saturated rings. The first-order valence-corrected chi connectivity index (χ1v) is 6.24. The summed E-state index contributed by atoms with van der Waals surface area (Å²) in [7, 11) is 0. The lowest BCUT2D eigenvalue weighted by Gasteiger charge is -2.27. The van der Waals surface area contributed by atoms with Crippen molar-refractivity contribution in [1.29, 1.82) is 0 Å². The molecule has 1 aliphatic rings. The molecule has 82 valence electrons. The minimum absolute atomic E-state index is 0.714. The number of para-hydroxylation sites is 1. The van der Waals surface area contributed by atoms with E-state index in [-0.39, 0.29) is 0 Å². The van der Waals surface area contributed by atoms with Crippen molar-refractivity contribution in [3.05, 3.63) is 29.8 Å². The number of rotatable bonds is 4. The SMILES string of the molecule is CCCCC[C@H]1CCc2ccccc2N1. The van der Waals surface area contributed by atoms with Crippen molar-refractivity contribution >= 4 is 5.69 Å². The fourth-order valence-corrected chi connectivity index (χ4v) is 2.36. The summed E-state index contributed by atoms with van der Waals surface area (Å²) < 4.78 is 0. The van der Waals surface area contributed by atoms with E-state index in [0.717, 1.165) is 0 Å². The van der Waals surface area contributed by atoms with Crippen molar-refractivity contribution in [2.75, 3.05) is 5.32 Å². The molecule has 0 unspecified atom stereocenters. The predicted octanol–water partition coefficient (Wildman–Crippen LogP) is 3.99. The Morgan fingerprint density at radius 1 is 1.27 bits per heavy atom. The Morgan fingerprint density at radius 2 is 2.13 bits per heavy atom. The smallest absolute Gasteiger partial charge is 0.0374 e. The van der Waals surface area contributed by atoms with Crippen LogP contribution in [0, 0.1) is 0 Å². The monoisotopic (exact) mass is 203 g/mol. The van der Waals surface area contributed by atoms with Crippen molar-refractivity contribution in [2.24, 2.45) is 0 Å². The van der Waals surface area contributed by atoms with Gasteiger partial charge < -0.3 is 5.32 Å². The molecule has 0 spiro atoms. The minimum atomic E-state index is 0.714. The average Bonchev–Trinajstić information content (AvgIpc) is 2.29. The molecular formula is C14H21N. The maximum absolute atomic E-state index is 3.66. The molecule has 1 nitrogen and oxygen atoms in total. The van der Waals surface area contributed by atoms with Crippen LogP contribution < -0.4 is 5.32 Å². The zero-order chi connectivity index (χ0) is 10.5. The lowest BCUT2D eigenvalue weighted by Crippen LogP contribution is -2.25. The van der Waals surface area contributed by atoms with E-state index < -0.39 is 0 Å². The first-order chi connectivity index (χ1) is 7.40. The molecule has 1 aromatic rings. The summed E-state index contributed by atoms with van der Waals surface area (Å²) in [5.74, 6) is 0. The molecule has 15 heavy (non-hydrogen) atoms. The van der Waals surface area contributed by atoms with Gasteiger partial charge in [0.2, 0.25) is 0 Å². The lowest BCUT2D eigenvalue weighted by atomic mass is 9.95. The normalized spacial score (nSPS) is 19.4. The van der Waals surface area contributed by atoms with Gasteiger partial charge in [-0.05, 0) is 30.9 Å². The highest BCUT2D eigenvalue weighted by atomic mass is 14.9. The summed E-state index contributed by atoms with van der Waals surface area (Å²) in [5.41, 5.74) is 2.86. The second kappa shape index (κ2) is 5.20. The lowest BCUT2D eigenvalue weighted by molar-refractivity contribution is 0.545. The van der Waals surface area contributed by atoms with Gasteiger partial charge in [0.1, 0.15) is 0 Å². The number of fused-ring (bicyclic) bond motifs is 1. The van der Waals surface area contributed by atoms with Gasteiger partial charge in [-0.25, -0.2) is 0 Å². The Balaban J connectivity index is 1.88. The van der Waals surface area contributed by atoms with Crippen LogP contribution in [0.4, 0.5) is 5.69 Å². The molecule has 0 saturated heterocycles. The van der Waals surface area contributed by atoms with Gasteiger partial charge in [0.25, 0.3) is 0 Å². The van der Waals surface area contributed by atoms with Gasteiger partial charge in [-0.2, -0.15) is 0 Å². The third-order valence-corrected chi connectivity index (χ3v) is 3.30. The van der Waals surface area contributed by atoms with Crippen LogP contribution in [-0.2, 0) is 6.42 Å². The standard InChI is InChI=1S/C14H21N/c1-2-3-4-8-13-11-10-12-7-5-6-9-14(12)15-13/h5-7,9,13,15H,2-4,8,10-11H2,1H3/t13-/m0/s1. The zero-order valence-corrected chi connectivity index (χ0v) is 9.63. The van der Waals surface area contributed by atoms with Crippen LogP contribution in [0.5, 0.6) is 0 Å². The molecule has 0 amide bonds. The second-order valence-corrected chi connectivity index (χ2v) is 4.53. The highest BCUT2D eigenvalue weighted by Gasteiger charge is 2.15. The van der Waals surface area contributed by atoms with Crippen molar-refractivity contribution in [1.82, 2.24) is 0 Å². The van der Waals surface area contributed by atoms with Gasteiger partial charge in [0.15, 0.2) is 0 Å². The summed E-state index contributed by atoms with van der Waals surface area (Å²) >= 11 is 0. The van der Waals surface area contributed by atoms with Crippen molar-refractivity contribution in [3.8, 4) is 0 Å². The fourth-order valence-electron chi connectivity index (χ4n) is 2.36. The Morgan fingerprint density at radius 3 is 3.00 bits per heavy atom. The molecule has 1 aliphatic heterocycles. The van der Waals surface area contributed by atoms with E-state index in [9.17, 15) is 0 Å². The van der Waals surface area contributed by atoms with Gasteiger partial charge in [0, 0.05) is 11.7 Å². The molecule has 1 heteroatoms. The Kier molecular flexibility index (Phi) is 3.65. The highest BCUT2D eigenvalue weighted by molar-refractivity contribution is 5.53. The van der Waals surface area contributed by atoms with Crippen LogP contribution in [-0.4, -0.2) is 6.04 Å². The molecule has 1 aromatic carbocycles. The van der Waals surface area contributed by atoms with Crippen LogP contribution in [0.15, 0.2) is 24.3 Å². The fraction of sp³-hybridized carbons (Fsp3) is 0.571. The number of anilines is 1. The number of unbranched alkanes of at least 4 members (excludes halogenated alkanes) is 2. The van der Waals surface area contributed by atoms with Crippen molar-refractivity contribution in [2.45, 2.75) is 51.5 Å². The Bertz CT molecular complexity index is 306. The van der Waals surface area contributed by atoms with Gasteiger partial charge in [-0.3, -0.25) is 0 Å². The molecule has 0 aliphatic carbocycles. The Labute approximate surface area is 92.9 Å². The third kappa shape index (κ3) is 2.74. The average molecular weight is 203 g/mol. The number of benzene rings is 1. The summed E-state index contributed by atoms with van der Waals surface area (Å²) in [6.07, 6.45) is 7.96. The quantitative estimate of drug-likeness (QED) is 0.729. The number of hydrogen-bond acceptors (Lipinski definition) is 1.